The van der Waals surface area contributed by atoms with Crippen LogP contribution < -0.4 is 5.32 Å². The van der Waals surface area contributed by atoms with E-state index in [1.54, 1.807) is 12.4 Å². The number of benzene rings is 2. The predicted molar refractivity (Wildman–Crippen MR) is 122 cm³/mol. The lowest BCUT2D eigenvalue weighted by Gasteiger charge is -2.33. The zero-order valence-electron chi connectivity index (χ0n) is 17.2. The predicted octanol–water partition coefficient (Wildman–Crippen LogP) is 3.29. The average Bonchev–Trinajstić information content (AvgIpc) is 3.46. The van der Waals surface area contributed by atoms with E-state index in [1.807, 2.05) is 47.4 Å². The second kappa shape index (κ2) is 7.58. The summed E-state index contributed by atoms with van der Waals surface area (Å²) < 4.78 is 0. The lowest BCUT2D eigenvalue weighted by atomic mass is 10.0. The van der Waals surface area contributed by atoms with Crippen molar-refractivity contribution in [2.45, 2.75) is 6.04 Å². The molecular weight excluding hydrogens is 402 g/mol. The van der Waals surface area contributed by atoms with Crippen LogP contribution in [0.3, 0.4) is 0 Å². The van der Waals surface area contributed by atoms with Gasteiger partial charge >= 0.3 is 0 Å². The Morgan fingerprint density at radius 1 is 1.03 bits per heavy atom. The summed E-state index contributed by atoms with van der Waals surface area (Å²) in [5.74, 6) is 0.277. The number of rotatable bonds is 3. The van der Waals surface area contributed by atoms with Crippen LogP contribution in [-0.2, 0) is 0 Å². The van der Waals surface area contributed by atoms with Crippen LogP contribution in [0.5, 0.6) is 0 Å². The molecule has 1 aliphatic heterocycles. The molecule has 3 aromatic heterocycles. The topological polar surface area (TPSA) is 103 Å². The first-order valence-electron chi connectivity index (χ1n) is 10.6. The fraction of sp³-hybridized carbons (Fsp3) is 0.167. The lowest BCUT2D eigenvalue weighted by Crippen LogP contribution is -2.48. The van der Waals surface area contributed by atoms with E-state index >= 15 is 0 Å². The molecule has 0 radical (unpaired) electrons. The SMILES string of the molecule is O=C(c1nc2cc3c(-c4ccncc4)n[nH]c3cc2[nH]1)N1CCNC(c2ccccc2)C1. The Kier molecular flexibility index (Phi) is 4.43. The standard InChI is InChI=1S/C24H21N7O/c32-24(31-11-10-26-21(14-31)15-4-2-1-3-5-15)23-27-19-12-17-18(13-20(19)28-23)29-30-22(17)16-6-8-25-9-7-16/h1-9,12-13,21,26H,10-11,14H2,(H,27,28)(H,29,30). The van der Waals surface area contributed by atoms with Gasteiger partial charge in [0.05, 0.1) is 16.6 Å². The Hall–Kier alpha value is -4.04. The van der Waals surface area contributed by atoms with Gasteiger partial charge in [-0.05, 0) is 29.8 Å². The molecule has 1 fully saturated rings. The van der Waals surface area contributed by atoms with Gasteiger partial charge < -0.3 is 15.2 Å². The number of H-pyrrole nitrogens is 2. The van der Waals surface area contributed by atoms with Crippen molar-refractivity contribution in [2.24, 2.45) is 0 Å². The van der Waals surface area contributed by atoms with E-state index in [1.165, 1.54) is 5.56 Å². The first-order valence-corrected chi connectivity index (χ1v) is 10.6. The van der Waals surface area contributed by atoms with E-state index < -0.39 is 0 Å². The van der Waals surface area contributed by atoms with Gasteiger partial charge in [-0.1, -0.05) is 30.3 Å². The van der Waals surface area contributed by atoms with Crippen LogP contribution in [0.2, 0.25) is 0 Å². The fourth-order valence-electron chi connectivity index (χ4n) is 4.35. The second-order valence-corrected chi connectivity index (χ2v) is 7.98. The second-order valence-electron chi connectivity index (χ2n) is 7.98. The molecule has 1 saturated heterocycles. The summed E-state index contributed by atoms with van der Waals surface area (Å²) in [6.07, 6.45) is 3.49. The number of hydrogen-bond donors (Lipinski definition) is 3. The smallest absolute Gasteiger partial charge is 0.289 e. The van der Waals surface area contributed by atoms with Crippen molar-refractivity contribution in [3.05, 3.63) is 78.4 Å². The summed E-state index contributed by atoms with van der Waals surface area (Å²) >= 11 is 0. The van der Waals surface area contributed by atoms with Crippen LogP contribution in [0, 0.1) is 0 Å². The number of nitrogens with zero attached hydrogens (tertiary/aromatic N) is 4. The van der Waals surface area contributed by atoms with E-state index in [9.17, 15) is 4.79 Å². The monoisotopic (exact) mass is 423 g/mol. The number of pyridine rings is 1. The minimum Gasteiger partial charge on any atom is -0.334 e. The fourth-order valence-corrected chi connectivity index (χ4v) is 4.35. The van der Waals surface area contributed by atoms with Crippen molar-refractivity contribution < 1.29 is 4.79 Å². The lowest BCUT2D eigenvalue weighted by molar-refractivity contribution is 0.0692. The summed E-state index contributed by atoms with van der Waals surface area (Å²) in [5.41, 5.74) is 5.43. The largest absolute Gasteiger partial charge is 0.334 e. The number of hydrogen-bond acceptors (Lipinski definition) is 5. The van der Waals surface area contributed by atoms with Crippen LogP contribution in [0.4, 0.5) is 0 Å². The summed E-state index contributed by atoms with van der Waals surface area (Å²) in [5, 5.41) is 12.0. The molecule has 2 aromatic carbocycles. The van der Waals surface area contributed by atoms with Crippen molar-refractivity contribution in [3.63, 3.8) is 0 Å². The zero-order chi connectivity index (χ0) is 21.5. The molecule has 0 aliphatic carbocycles. The van der Waals surface area contributed by atoms with Gasteiger partial charge in [0.1, 0.15) is 5.69 Å². The maximum Gasteiger partial charge on any atom is 0.289 e. The molecule has 0 bridgehead atoms. The van der Waals surface area contributed by atoms with E-state index in [2.05, 4.69) is 42.6 Å². The first-order chi connectivity index (χ1) is 15.8. The number of aromatic amines is 2. The Balaban J connectivity index is 1.31. The Morgan fingerprint density at radius 3 is 2.72 bits per heavy atom. The Morgan fingerprint density at radius 2 is 1.88 bits per heavy atom. The van der Waals surface area contributed by atoms with Crippen molar-refractivity contribution in [1.82, 2.24) is 35.4 Å². The van der Waals surface area contributed by atoms with Gasteiger partial charge in [-0.2, -0.15) is 5.10 Å². The highest BCUT2D eigenvalue weighted by Gasteiger charge is 2.27. The summed E-state index contributed by atoms with van der Waals surface area (Å²) in [6.45, 7) is 2.00. The van der Waals surface area contributed by atoms with Crippen LogP contribution in [-0.4, -0.2) is 55.6 Å². The average molecular weight is 423 g/mol. The first kappa shape index (κ1) is 18.7. The van der Waals surface area contributed by atoms with Crippen LogP contribution in [0.25, 0.3) is 33.2 Å². The zero-order valence-corrected chi connectivity index (χ0v) is 17.2. The summed E-state index contributed by atoms with van der Waals surface area (Å²) in [6, 6.07) is 18.1. The van der Waals surface area contributed by atoms with E-state index in [4.69, 9.17) is 0 Å². The third-order valence-corrected chi connectivity index (χ3v) is 5.99. The molecule has 1 amide bonds. The van der Waals surface area contributed by atoms with E-state index in [-0.39, 0.29) is 11.9 Å². The third-order valence-electron chi connectivity index (χ3n) is 5.99. The van der Waals surface area contributed by atoms with Crippen molar-refractivity contribution in [3.8, 4) is 11.3 Å². The van der Waals surface area contributed by atoms with Gasteiger partial charge in [0.25, 0.3) is 5.91 Å². The number of aromatic nitrogens is 5. The molecule has 32 heavy (non-hydrogen) atoms. The molecule has 4 heterocycles. The maximum atomic E-state index is 13.2. The molecule has 8 nitrogen and oxygen atoms in total. The minimum atomic E-state index is -0.0835. The normalized spacial score (nSPS) is 16.6. The van der Waals surface area contributed by atoms with Crippen molar-refractivity contribution >= 4 is 27.8 Å². The Bertz CT molecular complexity index is 1410. The molecule has 1 aliphatic rings. The van der Waals surface area contributed by atoms with Crippen LogP contribution in [0.1, 0.15) is 22.2 Å². The molecule has 0 spiro atoms. The number of carbonyl (C=O) groups is 1. The van der Waals surface area contributed by atoms with Gasteiger partial charge in [0, 0.05) is 49.0 Å². The molecule has 0 saturated carbocycles. The van der Waals surface area contributed by atoms with Gasteiger partial charge in [0.2, 0.25) is 0 Å². The van der Waals surface area contributed by atoms with E-state index in [0.29, 0.717) is 18.9 Å². The number of nitrogens with one attached hydrogen (secondary N) is 3. The minimum absolute atomic E-state index is 0.0835. The summed E-state index contributed by atoms with van der Waals surface area (Å²) in [4.78, 5) is 27.0. The van der Waals surface area contributed by atoms with Crippen molar-refractivity contribution in [1.29, 1.82) is 0 Å². The summed E-state index contributed by atoms with van der Waals surface area (Å²) in [7, 11) is 0. The molecule has 5 aromatic rings. The number of imidazole rings is 1. The molecule has 3 N–H and O–H groups in total. The Labute approximate surface area is 183 Å². The molecule has 1 unspecified atom stereocenters. The van der Waals surface area contributed by atoms with E-state index in [0.717, 1.165) is 39.7 Å². The number of fused-ring (bicyclic) bond motifs is 2. The van der Waals surface area contributed by atoms with Gasteiger partial charge in [-0.3, -0.25) is 14.9 Å². The molecule has 1 atom stereocenters. The highest BCUT2D eigenvalue weighted by Crippen LogP contribution is 2.29. The van der Waals surface area contributed by atoms with Crippen LogP contribution >= 0.6 is 0 Å². The quantitative estimate of drug-likeness (QED) is 0.413. The highest BCUT2D eigenvalue weighted by molar-refractivity contribution is 6.02. The van der Waals surface area contributed by atoms with Gasteiger partial charge in [-0.25, -0.2) is 4.98 Å². The molecular formula is C24H21N7O. The third kappa shape index (κ3) is 3.21. The van der Waals surface area contributed by atoms with Crippen LogP contribution in [0.15, 0.2) is 67.0 Å². The number of piperazine rings is 1. The molecule has 8 heteroatoms. The number of carbonyl (C=O) groups excluding carboxylic acids is 1. The number of amides is 1. The molecule has 6 rings (SSSR count). The highest BCUT2D eigenvalue weighted by atomic mass is 16.2. The van der Waals surface area contributed by atoms with Crippen molar-refractivity contribution in [2.75, 3.05) is 19.6 Å². The molecule has 158 valence electrons. The maximum absolute atomic E-state index is 13.2. The van der Waals surface area contributed by atoms with Gasteiger partial charge in [0.15, 0.2) is 5.82 Å². The van der Waals surface area contributed by atoms with Gasteiger partial charge in [-0.15, -0.1) is 0 Å².